The molecule has 0 amide bonds. The molecule has 2 aliphatic rings. The molecule has 0 fully saturated rings. The van der Waals surface area contributed by atoms with Gasteiger partial charge in [-0.1, -0.05) is 113 Å². The summed E-state index contributed by atoms with van der Waals surface area (Å²) in [6, 6.07) is 58.2. The molecule has 0 atom stereocenters. The lowest BCUT2D eigenvalue weighted by Crippen LogP contribution is -2.18. The van der Waals surface area contributed by atoms with Gasteiger partial charge in [0.25, 0.3) is 0 Å². The second-order valence-corrected chi connectivity index (χ2v) is 17.0. The number of anilines is 3. The van der Waals surface area contributed by atoms with Crippen LogP contribution in [0.1, 0.15) is 49.9 Å². The number of benzene rings is 7. The summed E-state index contributed by atoms with van der Waals surface area (Å²) in [7, 11) is 0. The van der Waals surface area contributed by atoms with E-state index in [4.69, 9.17) is 9.97 Å². The van der Waals surface area contributed by atoms with E-state index < -0.39 is 0 Å². The normalized spacial score (nSPS) is 14.5. The Hall–Kier alpha value is -7.04. The Kier molecular flexibility index (Phi) is 6.71. The van der Waals surface area contributed by atoms with E-state index in [0.29, 0.717) is 0 Å². The second kappa shape index (κ2) is 11.7. The zero-order chi connectivity index (χ0) is 38.9. The zero-order valence-corrected chi connectivity index (χ0v) is 33.0. The number of para-hydroxylation sites is 1. The molecule has 3 aromatic heterocycles. The van der Waals surface area contributed by atoms with Gasteiger partial charge in [0, 0.05) is 67.5 Å². The minimum atomic E-state index is -0.136. The summed E-state index contributed by atoms with van der Waals surface area (Å²) in [5, 5.41) is 4.54. The average molecular weight is 745 g/mol. The molecule has 0 bridgehead atoms. The van der Waals surface area contributed by atoms with Crippen LogP contribution in [0, 0.1) is 0 Å². The molecule has 12 rings (SSSR count). The van der Waals surface area contributed by atoms with E-state index in [1.807, 2.05) is 24.5 Å². The van der Waals surface area contributed by atoms with Gasteiger partial charge >= 0.3 is 0 Å². The quantitative estimate of drug-likeness (QED) is 0.168. The van der Waals surface area contributed by atoms with Gasteiger partial charge in [-0.05, 0) is 117 Å². The molecule has 58 heavy (non-hydrogen) atoms. The molecule has 10 aromatic rings. The van der Waals surface area contributed by atoms with Crippen molar-refractivity contribution in [2.24, 2.45) is 0 Å². The molecule has 0 radical (unpaired) electrons. The minimum Gasteiger partial charge on any atom is -0.310 e. The third-order valence-electron chi connectivity index (χ3n) is 13.2. The van der Waals surface area contributed by atoms with Gasteiger partial charge < -0.3 is 9.47 Å². The van der Waals surface area contributed by atoms with E-state index in [2.05, 4.69) is 183 Å². The van der Waals surface area contributed by atoms with Crippen LogP contribution in [-0.2, 0) is 10.8 Å². The van der Waals surface area contributed by atoms with Crippen molar-refractivity contribution in [3.63, 3.8) is 0 Å². The molecule has 0 spiro atoms. The van der Waals surface area contributed by atoms with E-state index in [1.165, 1.54) is 55.3 Å². The van der Waals surface area contributed by atoms with Gasteiger partial charge in [-0.3, -0.25) is 9.97 Å². The van der Waals surface area contributed by atoms with Crippen molar-refractivity contribution in [3.8, 4) is 27.9 Å². The van der Waals surface area contributed by atoms with Crippen LogP contribution in [0.2, 0.25) is 0 Å². The zero-order valence-electron chi connectivity index (χ0n) is 33.0. The highest BCUT2D eigenvalue weighted by atomic mass is 15.1. The Morgan fingerprint density at radius 2 is 0.931 bits per heavy atom. The number of hydrogen-bond acceptors (Lipinski definition) is 3. The fourth-order valence-corrected chi connectivity index (χ4v) is 10.5. The lowest BCUT2D eigenvalue weighted by atomic mass is 9.82. The first-order valence-corrected chi connectivity index (χ1v) is 20.2. The molecular weight excluding hydrogens is 705 g/mol. The largest absolute Gasteiger partial charge is 0.310 e. The molecule has 4 nitrogen and oxygen atoms in total. The van der Waals surface area contributed by atoms with Crippen LogP contribution < -0.4 is 4.90 Å². The van der Waals surface area contributed by atoms with Crippen molar-refractivity contribution in [3.05, 3.63) is 192 Å². The number of rotatable bonds is 4. The molecule has 276 valence electrons. The van der Waals surface area contributed by atoms with Crippen molar-refractivity contribution >= 4 is 60.7 Å². The Balaban J connectivity index is 1.16. The number of pyridine rings is 2. The lowest BCUT2D eigenvalue weighted by Gasteiger charge is -2.30. The molecular formula is C54H40N4. The number of hydrogen-bond donors (Lipinski definition) is 0. The first-order valence-electron chi connectivity index (χ1n) is 20.2. The predicted molar refractivity (Wildman–Crippen MR) is 241 cm³/mol. The monoisotopic (exact) mass is 744 g/mol. The highest BCUT2D eigenvalue weighted by Gasteiger charge is 2.38. The lowest BCUT2D eigenvalue weighted by molar-refractivity contribution is 0.660. The van der Waals surface area contributed by atoms with E-state index in [0.717, 1.165) is 55.6 Å². The summed E-state index contributed by atoms with van der Waals surface area (Å²) in [6.07, 6.45) is 3.76. The molecule has 0 N–H and O–H groups in total. The maximum absolute atomic E-state index is 4.95. The van der Waals surface area contributed by atoms with Crippen LogP contribution in [-0.4, -0.2) is 14.5 Å². The van der Waals surface area contributed by atoms with Crippen molar-refractivity contribution in [2.45, 2.75) is 38.5 Å². The standard InChI is InChI=1S/C54H40N4/c1-53(2)44-20-10-8-16-37(44)39-25-22-35(31-46(39)53)57(36-23-26-40-38-17-9-11-21-45(38)54(3,4)47(40)32-36)34-24-27-48-43(30-34)49-41-18-12-28-55-50(41)51-42(19-13-29-56-51)52(49)58(48)33-14-6-5-7-15-33/h5-32H,1-4H3. The number of nitrogens with zero attached hydrogens (tertiary/aromatic N) is 4. The first kappa shape index (κ1) is 33.1. The number of aromatic nitrogens is 3. The highest BCUT2D eigenvalue weighted by Crippen LogP contribution is 2.53. The molecule has 4 heteroatoms. The Bertz CT molecular complexity index is 3240. The molecule has 7 aromatic carbocycles. The third kappa shape index (κ3) is 4.40. The first-order chi connectivity index (χ1) is 28.3. The molecule has 2 aliphatic carbocycles. The summed E-state index contributed by atoms with van der Waals surface area (Å²) < 4.78 is 2.42. The molecule has 3 heterocycles. The predicted octanol–water partition coefficient (Wildman–Crippen LogP) is 14.0. The molecule has 0 aliphatic heterocycles. The van der Waals surface area contributed by atoms with Gasteiger partial charge in [-0.15, -0.1) is 0 Å². The van der Waals surface area contributed by atoms with Gasteiger partial charge in [-0.2, -0.15) is 0 Å². The Morgan fingerprint density at radius 3 is 1.55 bits per heavy atom. The molecule has 0 unspecified atom stereocenters. The van der Waals surface area contributed by atoms with Gasteiger partial charge in [0.05, 0.1) is 22.1 Å². The fourth-order valence-electron chi connectivity index (χ4n) is 10.5. The topological polar surface area (TPSA) is 34.0 Å². The summed E-state index contributed by atoms with van der Waals surface area (Å²) >= 11 is 0. The van der Waals surface area contributed by atoms with E-state index in [9.17, 15) is 0 Å². The van der Waals surface area contributed by atoms with E-state index in [1.54, 1.807) is 0 Å². The van der Waals surface area contributed by atoms with Crippen molar-refractivity contribution in [1.29, 1.82) is 0 Å². The van der Waals surface area contributed by atoms with E-state index >= 15 is 0 Å². The van der Waals surface area contributed by atoms with Crippen molar-refractivity contribution in [1.82, 2.24) is 14.5 Å². The van der Waals surface area contributed by atoms with E-state index in [-0.39, 0.29) is 10.8 Å². The Labute approximate surface area is 337 Å². The van der Waals surface area contributed by atoms with Gasteiger partial charge in [0.15, 0.2) is 0 Å². The average Bonchev–Trinajstić information content (AvgIpc) is 3.81. The van der Waals surface area contributed by atoms with Crippen LogP contribution in [0.25, 0.3) is 71.6 Å². The summed E-state index contributed by atoms with van der Waals surface area (Å²) in [4.78, 5) is 12.3. The van der Waals surface area contributed by atoms with Crippen LogP contribution in [0.15, 0.2) is 170 Å². The maximum Gasteiger partial charge on any atom is 0.0986 e. The van der Waals surface area contributed by atoms with Gasteiger partial charge in [0.2, 0.25) is 0 Å². The maximum atomic E-state index is 4.95. The van der Waals surface area contributed by atoms with Crippen LogP contribution in [0.3, 0.4) is 0 Å². The summed E-state index contributed by atoms with van der Waals surface area (Å²) in [5.41, 5.74) is 19.1. The van der Waals surface area contributed by atoms with Crippen molar-refractivity contribution < 1.29 is 0 Å². The highest BCUT2D eigenvalue weighted by molar-refractivity contribution is 6.31. The van der Waals surface area contributed by atoms with Crippen LogP contribution >= 0.6 is 0 Å². The third-order valence-corrected chi connectivity index (χ3v) is 13.2. The number of fused-ring (bicyclic) bond motifs is 14. The second-order valence-electron chi connectivity index (χ2n) is 17.0. The summed E-state index contributed by atoms with van der Waals surface area (Å²) in [5.74, 6) is 0. The van der Waals surface area contributed by atoms with Crippen molar-refractivity contribution in [2.75, 3.05) is 4.90 Å². The molecule has 0 saturated heterocycles. The Morgan fingerprint density at radius 1 is 0.431 bits per heavy atom. The minimum absolute atomic E-state index is 0.136. The van der Waals surface area contributed by atoms with Crippen LogP contribution in [0.5, 0.6) is 0 Å². The fraction of sp³-hybridized carbons (Fsp3) is 0.111. The van der Waals surface area contributed by atoms with Gasteiger partial charge in [0.1, 0.15) is 0 Å². The van der Waals surface area contributed by atoms with Gasteiger partial charge in [-0.25, -0.2) is 0 Å². The van der Waals surface area contributed by atoms with Crippen LogP contribution in [0.4, 0.5) is 17.1 Å². The molecule has 0 saturated carbocycles. The summed E-state index contributed by atoms with van der Waals surface area (Å²) in [6.45, 7) is 9.46. The SMILES string of the molecule is CC1(C)c2ccccc2-c2ccc(N(c3ccc4c(c3)C(C)(C)c3ccccc3-4)c3ccc4c(c3)c3c5cccnc5c5ncccc5c3n4-c3ccccc3)cc21. The smallest absolute Gasteiger partial charge is 0.0986 e.